The van der Waals surface area contributed by atoms with Crippen molar-refractivity contribution in [2.45, 2.75) is 32.0 Å². The molecule has 11 heteroatoms. The number of carbonyl (C=O) groups excluding carboxylic acids is 1. The molecule has 1 amide bonds. The van der Waals surface area contributed by atoms with Crippen LogP contribution in [-0.4, -0.2) is 40.0 Å². The molecule has 1 atom stereocenters. The van der Waals surface area contributed by atoms with Crippen LogP contribution >= 0.6 is 11.6 Å². The zero-order chi connectivity index (χ0) is 23.1. The highest BCUT2D eigenvalue weighted by Crippen LogP contribution is 2.36. The lowest BCUT2D eigenvalue weighted by Gasteiger charge is -2.27. The van der Waals surface area contributed by atoms with Gasteiger partial charge in [-0.05, 0) is 32.4 Å². The number of rotatable bonds is 5. The van der Waals surface area contributed by atoms with Crippen LogP contribution in [0.15, 0.2) is 46.7 Å². The number of hydrogen-bond donors (Lipinski definition) is 3. The van der Waals surface area contributed by atoms with Crippen LogP contribution in [0.2, 0.25) is 0 Å². The van der Waals surface area contributed by atoms with E-state index in [9.17, 15) is 18.0 Å². The van der Waals surface area contributed by atoms with Crippen LogP contribution in [0.5, 0.6) is 0 Å². The number of para-hydroxylation sites is 1. The maximum atomic E-state index is 12.5. The van der Waals surface area contributed by atoms with Crippen molar-refractivity contribution in [3.05, 3.63) is 47.5 Å². The maximum absolute atomic E-state index is 12.5. The van der Waals surface area contributed by atoms with Gasteiger partial charge in [-0.25, -0.2) is 15.0 Å². The number of halogens is 4. The third kappa shape index (κ3) is 4.55. The summed E-state index contributed by atoms with van der Waals surface area (Å²) in [5.74, 6) is 0.542. The van der Waals surface area contributed by atoms with Crippen molar-refractivity contribution >= 4 is 45.6 Å². The number of hydrogen-bond acceptors (Lipinski definition) is 6. The van der Waals surface area contributed by atoms with E-state index >= 15 is 0 Å². The average molecular weight is 465 g/mol. The number of amidine groups is 1. The van der Waals surface area contributed by atoms with E-state index in [2.05, 4.69) is 25.6 Å². The Bertz CT molecular complexity index is 1170. The molecule has 1 aromatic carbocycles. The Morgan fingerprint density at radius 3 is 2.75 bits per heavy atom. The van der Waals surface area contributed by atoms with E-state index in [1.807, 2.05) is 11.4 Å². The minimum Gasteiger partial charge on any atom is -0.356 e. The van der Waals surface area contributed by atoms with Crippen molar-refractivity contribution in [2.24, 2.45) is 10.9 Å². The smallest absolute Gasteiger partial charge is 0.356 e. The fraction of sp³-hybridized carbons (Fsp3) is 0.333. The molecule has 2 aliphatic rings. The van der Waals surface area contributed by atoms with Crippen molar-refractivity contribution < 1.29 is 18.0 Å². The molecule has 2 aromatic rings. The van der Waals surface area contributed by atoms with Gasteiger partial charge in [-0.1, -0.05) is 23.7 Å². The molecule has 7 nitrogen and oxygen atoms in total. The monoisotopic (exact) mass is 464 g/mol. The number of aliphatic imine (C=N–C) groups is 1. The molecule has 0 saturated carbocycles. The van der Waals surface area contributed by atoms with Crippen molar-refractivity contribution in [2.75, 3.05) is 11.9 Å². The molecule has 2 aliphatic heterocycles. The summed E-state index contributed by atoms with van der Waals surface area (Å²) in [5, 5.41) is 9.26. The zero-order valence-electron chi connectivity index (χ0n) is 17.2. The van der Waals surface area contributed by atoms with Crippen LogP contribution in [0.3, 0.4) is 0 Å². The van der Waals surface area contributed by atoms with Crippen LogP contribution in [0, 0.1) is 5.92 Å². The standard InChI is InChI=1S/C21H20ClF3N6O/c1-20(2,19(32)28-10-21(23,24)25)31-18-12-5-3-4-6-15(12)29-17(30-18)14-9-27-16-13(14)7-11(22)8-26-16/h3-6,8-9,13H,7,10H2,1-2H3,(H,26,27)(H,28,32)(H,29,30,31). The quantitative estimate of drug-likeness (QED) is 0.623. The topological polar surface area (TPSA) is 91.3 Å². The molecule has 1 unspecified atom stereocenters. The van der Waals surface area contributed by atoms with Crippen molar-refractivity contribution in [3.8, 4) is 0 Å². The molecule has 4 rings (SSSR count). The Hall–Kier alpha value is -3.14. The number of benzene rings is 1. The van der Waals surface area contributed by atoms with E-state index < -0.39 is 24.2 Å². The highest BCUT2D eigenvalue weighted by atomic mass is 35.5. The number of nitrogens with zero attached hydrogens (tertiary/aromatic N) is 3. The van der Waals surface area contributed by atoms with Gasteiger partial charge in [0.25, 0.3) is 0 Å². The van der Waals surface area contributed by atoms with Gasteiger partial charge in [0.05, 0.1) is 11.4 Å². The highest BCUT2D eigenvalue weighted by Gasteiger charge is 2.35. The summed E-state index contributed by atoms with van der Waals surface area (Å²) in [4.78, 5) is 26.0. The van der Waals surface area contributed by atoms with Crippen molar-refractivity contribution in [1.29, 1.82) is 0 Å². The molecule has 0 spiro atoms. The number of carbonyl (C=O) groups is 1. The molecule has 168 valence electrons. The van der Waals surface area contributed by atoms with E-state index in [0.29, 0.717) is 34.0 Å². The van der Waals surface area contributed by atoms with E-state index in [0.717, 1.165) is 11.4 Å². The van der Waals surface area contributed by atoms with Gasteiger partial charge < -0.3 is 16.0 Å². The lowest BCUT2D eigenvalue weighted by atomic mass is 9.95. The third-order valence-corrected chi connectivity index (χ3v) is 5.39. The second kappa shape index (κ2) is 8.09. The molecule has 0 saturated heterocycles. The van der Waals surface area contributed by atoms with Crippen molar-refractivity contribution in [3.63, 3.8) is 0 Å². The van der Waals surface area contributed by atoms with Gasteiger partial charge in [0, 0.05) is 28.4 Å². The third-order valence-electron chi connectivity index (χ3n) is 5.13. The lowest BCUT2D eigenvalue weighted by Crippen LogP contribution is -2.50. The SMILES string of the molecule is CC(C)(Nc1nc(C2=CNC3=NC=C(Cl)CC23)nc2ccccc12)C(=O)NCC(F)(F)F. The minimum absolute atomic E-state index is 0.135. The molecule has 3 N–H and O–H groups in total. The Morgan fingerprint density at radius 2 is 2.00 bits per heavy atom. The number of amides is 1. The van der Waals surface area contributed by atoms with E-state index in [-0.39, 0.29) is 5.92 Å². The normalized spacial score (nSPS) is 18.3. The second-order valence-electron chi connectivity index (χ2n) is 8.05. The Morgan fingerprint density at radius 1 is 1.25 bits per heavy atom. The molecular formula is C21H20ClF3N6O. The van der Waals surface area contributed by atoms with Crippen LogP contribution in [0.1, 0.15) is 26.1 Å². The number of nitrogens with one attached hydrogen (secondary N) is 3. The largest absolute Gasteiger partial charge is 0.405 e. The molecule has 32 heavy (non-hydrogen) atoms. The zero-order valence-corrected chi connectivity index (χ0v) is 18.0. The molecule has 0 radical (unpaired) electrons. The first-order chi connectivity index (χ1) is 15.0. The second-order valence-corrected chi connectivity index (χ2v) is 8.54. The average Bonchev–Trinajstić information content (AvgIpc) is 3.14. The van der Waals surface area contributed by atoms with Gasteiger partial charge in [0.15, 0.2) is 5.82 Å². The van der Waals surface area contributed by atoms with Gasteiger partial charge in [-0.15, -0.1) is 0 Å². The van der Waals surface area contributed by atoms with E-state index in [1.54, 1.807) is 30.6 Å². The van der Waals surface area contributed by atoms with E-state index in [1.165, 1.54) is 13.8 Å². The van der Waals surface area contributed by atoms with Crippen LogP contribution < -0.4 is 16.0 Å². The first-order valence-electron chi connectivity index (χ1n) is 9.83. The summed E-state index contributed by atoms with van der Waals surface area (Å²) < 4.78 is 37.6. The molecular weight excluding hydrogens is 445 g/mol. The fourth-order valence-electron chi connectivity index (χ4n) is 3.50. The summed E-state index contributed by atoms with van der Waals surface area (Å²) in [6, 6.07) is 7.19. The highest BCUT2D eigenvalue weighted by molar-refractivity contribution is 6.30. The Kier molecular flexibility index (Phi) is 5.58. The number of fused-ring (bicyclic) bond motifs is 2. The van der Waals surface area contributed by atoms with Gasteiger partial charge in [0.2, 0.25) is 5.91 Å². The summed E-state index contributed by atoms with van der Waals surface area (Å²) in [7, 11) is 0. The van der Waals surface area contributed by atoms with Crippen LogP contribution in [-0.2, 0) is 4.79 Å². The van der Waals surface area contributed by atoms with Gasteiger partial charge >= 0.3 is 6.18 Å². The Balaban J connectivity index is 1.67. The maximum Gasteiger partial charge on any atom is 0.405 e. The number of allylic oxidation sites excluding steroid dienone is 1. The summed E-state index contributed by atoms with van der Waals surface area (Å²) in [5.41, 5.74) is 0.0317. The van der Waals surface area contributed by atoms with Gasteiger partial charge in [0.1, 0.15) is 23.7 Å². The Labute approximate surface area is 186 Å². The minimum atomic E-state index is -4.50. The molecule has 0 aliphatic carbocycles. The summed E-state index contributed by atoms with van der Waals surface area (Å²) >= 11 is 6.17. The molecule has 1 aromatic heterocycles. The van der Waals surface area contributed by atoms with Gasteiger partial charge in [-0.2, -0.15) is 13.2 Å². The summed E-state index contributed by atoms with van der Waals surface area (Å²) in [6.07, 6.45) is -0.601. The number of anilines is 1. The lowest BCUT2D eigenvalue weighted by molar-refractivity contribution is -0.140. The molecule has 0 bridgehead atoms. The van der Waals surface area contributed by atoms with Crippen LogP contribution in [0.25, 0.3) is 16.5 Å². The van der Waals surface area contributed by atoms with Crippen LogP contribution in [0.4, 0.5) is 19.0 Å². The first-order valence-corrected chi connectivity index (χ1v) is 10.2. The van der Waals surface area contributed by atoms with Gasteiger partial charge in [-0.3, -0.25) is 4.79 Å². The first kappa shape index (κ1) is 22.1. The predicted molar refractivity (Wildman–Crippen MR) is 117 cm³/mol. The fourth-order valence-corrected chi connectivity index (χ4v) is 3.70. The molecule has 0 fully saturated rings. The summed E-state index contributed by atoms with van der Waals surface area (Å²) in [6.45, 7) is 1.56. The number of aromatic nitrogens is 2. The van der Waals surface area contributed by atoms with E-state index in [4.69, 9.17) is 11.6 Å². The number of alkyl halides is 3. The van der Waals surface area contributed by atoms with Crippen molar-refractivity contribution in [1.82, 2.24) is 20.6 Å². The predicted octanol–water partition coefficient (Wildman–Crippen LogP) is 3.94. The molecule has 3 heterocycles.